The molecule has 1 fully saturated rings. The number of hydrogen-bond donors (Lipinski definition) is 1. The van der Waals surface area contributed by atoms with E-state index >= 15 is 0 Å². The summed E-state index contributed by atoms with van der Waals surface area (Å²) in [5, 5.41) is 0. The highest BCUT2D eigenvalue weighted by atomic mass is 32.2. The van der Waals surface area contributed by atoms with Crippen molar-refractivity contribution in [3.05, 3.63) is 29.1 Å². The molecule has 1 aromatic carbocycles. The predicted octanol–water partition coefficient (Wildman–Crippen LogP) is 0.434. The Bertz CT molecular complexity index is 644. The summed E-state index contributed by atoms with van der Waals surface area (Å²) >= 11 is 0. The van der Waals surface area contributed by atoms with Gasteiger partial charge in [0.25, 0.3) is 5.91 Å². The van der Waals surface area contributed by atoms with Crippen molar-refractivity contribution in [2.45, 2.75) is 6.92 Å². The van der Waals surface area contributed by atoms with E-state index in [-0.39, 0.29) is 43.3 Å². The fourth-order valence-electron chi connectivity index (χ4n) is 2.23. The van der Waals surface area contributed by atoms with E-state index in [0.717, 1.165) is 12.3 Å². The normalized spacial score (nSPS) is 17.0. The first kappa shape index (κ1) is 15.7. The quantitative estimate of drug-likeness (QED) is 0.802. The number of nitrogens with two attached hydrogens (primary N) is 1. The van der Waals surface area contributed by atoms with Gasteiger partial charge in [-0.1, -0.05) is 0 Å². The van der Waals surface area contributed by atoms with Crippen molar-refractivity contribution < 1.29 is 17.6 Å². The molecule has 0 bridgehead atoms. The SMILES string of the molecule is Cc1c(N)cc(C(=O)N2CCN(S(C)(=O)=O)CC2)cc1F. The van der Waals surface area contributed by atoms with Crippen LogP contribution in [0, 0.1) is 12.7 Å². The molecule has 0 saturated carbocycles. The standard InChI is InChI=1S/C13H18FN3O3S/c1-9-11(14)7-10(8-12(9)15)13(18)16-3-5-17(6-4-16)21(2,19)20/h7-8H,3-6,15H2,1-2H3. The first-order valence-electron chi connectivity index (χ1n) is 6.50. The molecule has 1 aliphatic rings. The zero-order valence-electron chi connectivity index (χ0n) is 12.0. The van der Waals surface area contributed by atoms with Crippen LogP contribution in [0.5, 0.6) is 0 Å². The number of nitrogens with zero attached hydrogens (tertiary/aromatic N) is 2. The Morgan fingerprint density at radius 3 is 2.29 bits per heavy atom. The van der Waals surface area contributed by atoms with Gasteiger partial charge in [-0.25, -0.2) is 12.8 Å². The summed E-state index contributed by atoms with van der Waals surface area (Å²) in [7, 11) is -3.24. The molecule has 0 spiro atoms. The molecule has 1 amide bonds. The first-order chi connectivity index (χ1) is 9.70. The molecule has 2 rings (SSSR count). The molecule has 0 aliphatic carbocycles. The van der Waals surface area contributed by atoms with Crippen LogP contribution in [0.1, 0.15) is 15.9 Å². The monoisotopic (exact) mass is 315 g/mol. The van der Waals surface area contributed by atoms with Crippen LogP contribution >= 0.6 is 0 Å². The zero-order valence-corrected chi connectivity index (χ0v) is 12.8. The Morgan fingerprint density at radius 2 is 1.81 bits per heavy atom. The third-order valence-electron chi connectivity index (χ3n) is 3.63. The van der Waals surface area contributed by atoms with Crippen LogP contribution in [0.2, 0.25) is 0 Å². The van der Waals surface area contributed by atoms with E-state index in [1.165, 1.54) is 15.3 Å². The Balaban J connectivity index is 2.13. The van der Waals surface area contributed by atoms with Gasteiger partial charge < -0.3 is 10.6 Å². The molecule has 21 heavy (non-hydrogen) atoms. The fourth-order valence-corrected chi connectivity index (χ4v) is 3.06. The second-order valence-corrected chi connectivity index (χ2v) is 7.11. The van der Waals surface area contributed by atoms with Gasteiger partial charge in [-0.05, 0) is 19.1 Å². The molecule has 6 nitrogen and oxygen atoms in total. The zero-order chi connectivity index (χ0) is 15.8. The van der Waals surface area contributed by atoms with Gasteiger partial charge in [-0.3, -0.25) is 4.79 Å². The summed E-state index contributed by atoms with van der Waals surface area (Å²) in [6.45, 7) is 2.59. The van der Waals surface area contributed by atoms with Gasteiger partial charge in [-0.2, -0.15) is 4.31 Å². The smallest absolute Gasteiger partial charge is 0.254 e. The van der Waals surface area contributed by atoms with Crippen molar-refractivity contribution in [1.29, 1.82) is 0 Å². The van der Waals surface area contributed by atoms with Crippen LogP contribution in [0.15, 0.2) is 12.1 Å². The third-order valence-corrected chi connectivity index (χ3v) is 4.93. The topological polar surface area (TPSA) is 83.7 Å². The Morgan fingerprint density at radius 1 is 1.24 bits per heavy atom. The van der Waals surface area contributed by atoms with Crippen molar-refractivity contribution in [3.8, 4) is 0 Å². The van der Waals surface area contributed by atoms with Gasteiger partial charge in [0.15, 0.2) is 0 Å². The summed E-state index contributed by atoms with van der Waals surface area (Å²) in [6, 6.07) is 2.61. The number of carbonyl (C=O) groups excluding carboxylic acids is 1. The summed E-state index contributed by atoms with van der Waals surface area (Å²) in [4.78, 5) is 13.8. The Labute approximate surface area is 123 Å². The lowest BCUT2D eigenvalue weighted by atomic mass is 10.1. The van der Waals surface area contributed by atoms with Crippen molar-refractivity contribution in [3.63, 3.8) is 0 Å². The highest BCUT2D eigenvalue weighted by Crippen LogP contribution is 2.19. The molecule has 116 valence electrons. The van der Waals surface area contributed by atoms with Gasteiger partial charge >= 0.3 is 0 Å². The van der Waals surface area contributed by atoms with Crippen molar-refractivity contribution >= 4 is 21.6 Å². The number of rotatable bonds is 2. The van der Waals surface area contributed by atoms with Gasteiger partial charge in [0.05, 0.1) is 6.26 Å². The minimum absolute atomic E-state index is 0.184. The summed E-state index contributed by atoms with van der Waals surface area (Å²) in [6.07, 6.45) is 1.14. The molecule has 1 heterocycles. The summed E-state index contributed by atoms with van der Waals surface area (Å²) in [5.74, 6) is -0.859. The second-order valence-electron chi connectivity index (χ2n) is 5.13. The summed E-state index contributed by atoms with van der Waals surface area (Å²) in [5.41, 5.74) is 6.40. The lowest BCUT2D eigenvalue weighted by Gasteiger charge is -2.33. The van der Waals surface area contributed by atoms with Crippen molar-refractivity contribution in [2.24, 2.45) is 0 Å². The maximum Gasteiger partial charge on any atom is 0.254 e. The van der Waals surface area contributed by atoms with Crippen LogP contribution < -0.4 is 5.73 Å². The van der Waals surface area contributed by atoms with Gasteiger partial charge in [-0.15, -0.1) is 0 Å². The van der Waals surface area contributed by atoms with Crippen LogP contribution in [-0.2, 0) is 10.0 Å². The number of carbonyl (C=O) groups is 1. The van der Waals surface area contributed by atoms with E-state index in [0.29, 0.717) is 5.56 Å². The number of halogens is 1. The highest BCUT2D eigenvalue weighted by Gasteiger charge is 2.27. The average Bonchev–Trinajstić information content (AvgIpc) is 2.42. The molecule has 2 N–H and O–H groups in total. The second kappa shape index (κ2) is 5.61. The van der Waals surface area contributed by atoms with Crippen LogP contribution in [-0.4, -0.2) is 56.0 Å². The number of amides is 1. The predicted molar refractivity (Wildman–Crippen MR) is 77.9 cm³/mol. The third kappa shape index (κ3) is 3.33. The largest absolute Gasteiger partial charge is 0.398 e. The maximum absolute atomic E-state index is 13.6. The van der Waals surface area contributed by atoms with E-state index < -0.39 is 15.8 Å². The maximum atomic E-state index is 13.6. The number of benzene rings is 1. The van der Waals surface area contributed by atoms with E-state index in [1.54, 1.807) is 6.92 Å². The van der Waals surface area contributed by atoms with E-state index in [9.17, 15) is 17.6 Å². The van der Waals surface area contributed by atoms with Gasteiger partial charge in [0.1, 0.15) is 5.82 Å². The van der Waals surface area contributed by atoms with Crippen molar-refractivity contribution in [1.82, 2.24) is 9.21 Å². The lowest BCUT2D eigenvalue weighted by Crippen LogP contribution is -2.50. The van der Waals surface area contributed by atoms with E-state index in [2.05, 4.69) is 0 Å². The molecule has 0 unspecified atom stereocenters. The lowest BCUT2D eigenvalue weighted by molar-refractivity contribution is 0.0698. The molecular weight excluding hydrogens is 297 g/mol. The molecule has 0 aromatic heterocycles. The highest BCUT2D eigenvalue weighted by molar-refractivity contribution is 7.88. The van der Waals surface area contributed by atoms with Crippen LogP contribution in [0.4, 0.5) is 10.1 Å². The van der Waals surface area contributed by atoms with Gasteiger partial charge in [0, 0.05) is 43.0 Å². The van der Waals surface area contributed by atoms with Crippen LogP contribution in [0.25, 0.3) is 0 Å². The molecule has 8 heteroatoms. The molecule has 1 saturated heterocycles. The fraction of sp³-hybridized carbons (Fsp3) is 0.462. The van der Waals surface area contributed by atoms with Crippen molar-refractivity contribution in [2.75, 3.05) is 38.2 Å². The number of hydrogen-bond acceptors (Lipinski definition) is 4. The Hall–Kier alpha value is -1.67. The number of sulfonamides is 1. The first-order valence-corrected chi connectivity index (χ1v) is 8.35. The minimum atomic E-state index is -3.24. The molecule has 0 radical (unpaired) electrons. The number of anilines is 1. The average molecular weight is 315 g/mol. The molecule has 1 aromatic rings. The number of piperazine rings is 1. The summed E-state index contributed by atoms with van der Waals surface area (Å²) < 4.78 is 37.8. The minimum Gasteiger partial charge on any atom is -0.398 e. The van der Waals surface area contributed by atoms with E-state index in [4.69, 9.17) is 5.73 Å². The van der Waals surface area contributed by atoms with Crippen LogP contribution in [0.3, 0.4) is 0 Å². The molecular formula is C13H18FN3O3S. The molecule has 0 atom stereocenters. The Kier molecular flexibility index (Phi) is 4.20. The number of nitrogen functional groups attached to an aromatic ring is 1. The van der Waals surface area contributed by atoms with Gasteiger partial charge in [0.2, 0.25) is 10.0 Å². The van der Waals surface area contributed by atoms with E-state index in [1.807, 2.05) is 0 Å². The molecule has 1 aliphatic heterocycles.